The predicted molar refractivity (Wildman–Crippen MR) is 123 cm³/mol. The van der Waals surface area contributed by atoms with Crippen LogP contribution in [0.1, 0.15) is 5.69 Å². The topological polar surface area (TPSA) is 73.8 Å². The third-order valence-corrected chi connectivity index (χ3v) is 5.94. The average molecular weight is 425 g/mol. The van der Waals surface area contributed by atoms with Gasteiger partial charge in [0.15, 0.2) is 0 Å². The molecule has 1 unspecified atom stereocenters. The number of nitrogens with one attached hydrogen (secondary N) is 1. The van der Waals surface area contributed by atoms with Crippen molar-refractivity contribution in [1.82, 2.24) is 20.0 Å². The number of aromatic nitrogens is 2. The number of hydrogen-bond acceptors (Lipinski definition) is 6. The summed E-state index contributed by atoms with van der Waals surface area (Å²) in [6, 6.07) is 12.4. The van der Waals surface area contributed by atoms with Gasteiger partial charge in [0.05, 0.1) is 12.8 Å². The summed E-state index contributed by atoms with van der Waals surface area (Å²) in [5, 5.41) is 19.8. The normalized spacial score (nSPS) is 16.6. The Bertz CT molecular complexity index is 982. The maximum Gasteiger partial charge on any atom is 0.120 e. The van der Waals surface area contributed by atoms with E-state index in [0.717, 1.165) is 72.7 Å². The molecule has 1 aromatic heterocycles. The van der Waals surface area contributed by atoms with E-state index < -0.39 is 6.10 Å². The fourth-order valence-electron chi connectivity index (χ4n) is 4.08. The molecule has 0 aliphatic carbocycles. The molecule has 166 valence electrons. The number of methoxy groups -OCH3 is 1. The average Bonchev–Trinajstić information content (AvgIpc) is 3.22. The highest BCUT2D eigenvalue weighted by Crippen LogP contribution is 2.28. The fourth-order valence-corrected chi connectivity index (χ4v) is 4.08. The van der Waals surface area contributed by atoms with Crippen LogP contribution in [0.5, 0.6) is 5.75 Å². The van der Waals surface area contributed by atoms with Crippen LogP contribution in [0.3, 0.4) is 0 Å². The van der Waals surface area contributed by atoms with E-state index in [-0.39, 0.29) is 0 Å². The van der Waals surface area contributed by atoms with Crippen molar-refractivity contribution in [1.29, 1.82) is 0 Å². The molecule has 0 bridgehead atoms. The first-order chi connectivity index (χ1) is 15.1. The minimum absolute atomic E-state index is 0.293. The van der Waals surface area contributed by atoms with Gasteiger partial charge in [0.25, 0.3) is 0 Å². The van der Waals surface area contributed by atoms with Gasteiger partial charge in [0.1, 0.15) is 18.5 Å². The van der Waals surface area contributed by atoms with Crippen molar-refractivity contribution in [3.63, 3.8) is 0 Å². The summed E-state index contributed by atoms with van der Waals surface area (Å²) in [6.45, 7) is 8.67. The van der Waals surface area contributed by atoms with Crippen LogP contribution in [-0.4, -0.2) is 90.8 Å². The van der Waals surface area contributed by atoms with Crippen LogP contribution in [0.25, 0.3) is 21.9 Å². The lowest BCUT2D eigenvalue weighted by Gasteiger charge is -2.35. The number of hydrogen-bond donors (Lipinski definition) is 2. The van der Waals surface area contributed by atoms with Gasteiger partial charge in [-0.2, -0.15) is 5.10 Å². The summed E-state index contributed by atoms with van der Waals surface area (Å²) in [4.78, 5) is 4.70. The van der Waals surface area contributed by atoms with Gasteiger partial charge in [-0.05, 0) is 41.5 Å². The molecule has 1 saturated heterocycles. The molecule has 1 atom stereocenters. The Labute approximate surface area is 183 Å². The molecule has 0 radical (unpaired) electrons. The summed E-state index contributed by atoms with van der Waals surface area (Å²) in [5.41, 5.74) is 3.32. The van der Waals surface area contributed by atoms with Crippen LogP contribution in [-0.2, 0) is 4.74 Å². The highest BCUT2D eigenvalue weighted by Gasteiger charge is 2.19. The molecular weight excluding hydrogens is 392 g/mol. The second-order valence-electron chi connectivity index (χ2n) is 8.23. The van der Waals surface area contributed by atoms with Gasteiger partial charge in [-0.3, -0.25) is 14.9 Å². The lowest BCUT2D eigenvalue weighted by Crippen LogP contribution is -2.49. The number of aromatic amines is 1. The third kappa shape index (κ3) is 5.62. The van der Waals surface area contributed by atoms with E-state index in [0.29, 0.717) is 13.2 Å². The SMILES string of the molecule is COCCN1CCN(CC(O)COc2ccc3cc(-c4cn[nH]c4C)ccc3c2)CC1. The number of piperazine rings is 1. The molecule has 7 heteroatoms. The van der Waals surface area contributed by atoms with Crippen LogP contribution in [0.15, 0.2) is 42.6 Å². The number of nitrogens with zero attached hydrogens (tertiary/aromatic N) is 3. The fraction of sp³-hybridized carbons (Fsp3) is 0.458. The Morgan fingerprint density at radius 2 is 1.81 bits per heavy atom. The molecule has 0 amide bonds. The van der Waals surface area contributed by atoms with Crippen molar-refractivity contribution in [2.24, 2.45) is 0 Å². The second kappa shape index (κ2) is 10.2. The lowest BCUT2D eigenvalue weighted by molar-refractivity contribution is 0.0405. The largest absolute Gasteiger partial charge is 0.491 e. The van der Waals surface area contributed by atoms with E-state index in [1.54, 1.807) is 7.11 Å². The van der Waals surface area contributed by atoms with Crippen LogP contribution in [0, 0.1) is 6.92 Å². The highest BCUT2D eigenvalue weighted by atomic mass is 16.5. The van der Waals surface area contributed by atoms with Gasteiger partial charge in [-0.15, -0.1) is 0 Å². The van der Waals surface area contributed by atoms with Gasteiger partial charge < -0.3 is 14.6 Å². The van der Waals surface area contributed by atoms with Gasteiger partial charge in [-0.1, -0.05) is 18.2 Å². The molecule has 0 saturated carbocycles. The molecule has 7 nitrogen and oxygen atoms in total. The Balaban J connectivity index is 1.28. The number of aryl methyl sites for hydroxylation is 1. The smallest absolute Gasteiger partial charge is 0.120 e. The van der Waals surface area contributed by atoms with Gasteiger partial charge >= 0.3 is 0 Å². The Morgan fingerprint density at radius 3 is 2.55 bits per heavy atom. The number of ether oxygens (including phenoxy) is 2. The molecule has 1 fully saturated rings. The van der Waals surface area contributed by atoms with Crippen molar-refractivity contribution in [3.05, 3.63) is 48.3 Å². The van der Waals surface area contributed by atoms with E-state index in [1.165, 1.54) is 0 Å². The van der Waals surface area contributed by atoms with Gasteiger partial charge in [-0.25, -0.2) is 0 Å². The minimum atomic E-state index is -0.507. The molecule has 2 heterocycles. The molecule has 3 aromatic rings. The van der Waals surface area contributed by atoms with Crippen LogP contribution >= 0.6 is 0 Å². The zero-order valence-electron chi connectivity index (χ0n) is 18.4. The molecule has 1 aliphatic heterocycles. The minimum Gasteiger partial charge on any atom is -0.491 e. The molecule has 4 rings (SSSR count). The predicted octanol–water partition coefficient (Wildman–Crippen LogP) is 2.54. The first-order valence-electron chi connectivity index (χ1n) is 10.9. The quantitative estimate of drug-likeness (QED) is 0.550. The van der Waals surface area contributed by atoms with Crippen molar-refractivity contribution in [2.45, 2.75) is 13.0 Å². The Kier molecular flexibility index (Phi) is 7.19. The third-order valence-electron chi connectivity index (χ3n) is 5.94. The molecular formula is C24H32N4O3. The van der Waals surface area contributed by atoms with E-state index in [4.69, 9.17) is 9.47 Å². The van der Waals surface area contributed by atoms with Gasteiger partial charge in [0, 0.05) is 57.6 Å². The molecule has 31 heavy (non-hydrogen) atoms. The van der Waals surface area contributed by atoms with E-state index >= 15 is 0 Å². The zero-order chi connectivity index (χ0) is 21.6. The first-order valence-corrected chi connectivity index (χ1v) is 10.9. The number of aliphatic hydroxyl groups excluding tert-OH is 1. The molecule has 1 aliphatic rings. The molecule has 0 spiro atoms. The second-order valence-corrected chi connectivity index (χ2v) is 8.23. The summed E-state index contributed by atoms with van der Waals surface area (Å²) >= 11 is 0. The molecule has 2 N–H and O–H groups in total. The van der Waals surface area contributed by atoms with Gasteiger partial charge in [0.2, 0.25) is 0 Å². The summed E-state index contributed by atoms with van der Waals surface area (Å²) in [6.07, 6.45) is 1.35. The maximum absolute atomic E-state index is 10.4. The molecule has 2 aromatic carbocycles. The summed E-state index contributed by atoms with van der Waals surface area (Å²) < 4.78 is 11.0. The van der Waals surface area contributed by atoms with E-state index in [1.807, 2.05) is 25.3 Å². The monoisotopic (exact) mass is 424 g/mol. The number of β-amino-alcohol motifs (C(OH)–C–C–N with tert-alkyl or cyclic N) is 1. The number of H-pyrrole nitrogens is 1. The van der Waals surface area contributed by atoms with Crippen molar-refractivity contribution in [3.8, 4) is 16.9 Å². The number of fused-ring (bicyclic) bond motifs is 1. The van der Waals surface area contributed by atoms with Crippen LogP contribution in [0.4, 0.5) is 0 Å². The van der Waals surface area contributed by atoms with Crippen molar-refractivity contribution < 1.29 is 14.6 Å². The highest BCUT2D eigenvalue weighted by molar-refractivity contribution is 5.88. The number of aliphatic hydroxyl groups is 1. The van der Waals surface area contributed by atoms with Crippen LogP contribution < -0.4 is 4.74 Å². The zero-order valence-corrected chi connectivity index (χ0v) is 18.4. The Hall–Kier alpha value is -2.45. The number of rotatable bonds is 9. The van der Waals surface area contributed by atoms with Crippen LogP contribution in [0.2, 0.25) is 0 Å². The first kappa shape index (κ1) is 21.8. The summed E-state index contributed by atoms with van der Waals surface area (Å²) in [7, 11) is 1.74. The maximum atomic E-state index is 10.4. The number of benzene rings is 2. The van der Waals surface area contributed by atoms with E-state index in [2.05, 4.69) is 44.3 Å². The van der Waals surface area contributed by atoms with E-state index in [9.17, 15) is 5.11 Å². The standard InChI is InChI=1S/C24H32N4O3/c1-18-24(15-25-26-18)21-4-3-20-14-23(6-5-19(20)13-21)31-17-22(29)16-28-9-7-27(8-10-28)11-12-30-2/h3-6,13-15,22,29H,7-12,16-17H2,1-2H3,(H,25,26). The lowest BCUT2D eigenvalue weighted by atomic mass is 10.0. The van der Waals surface area contributed by atoms with Crippen molar-refractivity contribution >= 4 is 10.8 Å². The van der Waals surface area contributed by atoms with Crippen molar-refractivity contribution in [2.75, 3.05) is 59.6 Å². The Morgan fingerprint density at radius 1 is 1.06 bits per heavy atom. The summed E-state index contributed by atoms with van der Waals surface area (Å²) in [5.74, 6) is 0.781.